The highest BCUT2D eigenvalue weighted by Gasteiger charge is 2.07. The highest BCUT2D eigenvalue weighted by Crippen LogP contribution is 2.27. The summed E-state index contributed by atoms with van der Waals surface area (Å²) in [6.45, 7) is 0. The van der Waals surface area contributed by atoms with Gasteiger partial charge in [0, 0.05) is 17.1 Å². The number of hydrogen-bond acceptors (Lipinski definition) is 1. The average molecular weight is 230 g/mol. The highest BCUT2D eigenvalue weighted by atomic mass is 19.1. The predicted molar refractivity (Wildman–Crippen MR) is 61.4 cm³/mol. The van der Waals surface area contributed by atoms with Gasteiger partial charge in [-0.05, 0) is 23.8 Å². The van der Waals surface area contributed by atoms with Gasteiger partial charge < -0.3 is 4.98 Å². The number of benzene rings is 1. The van der Waals surface area contributed by atoms with Crippen LogP contribution in [0.2, 0.25) is 0 Å². The van der Waals surface area contributed by atoms with Gasteiger partial charge in [0.25, 0.3) is 0 Å². The largest absolute Gasteiger partial charge is 0.346 e. The van der Waals surface area contributed by atoms with Crippen LogP contribution in [-0.2, 0) is 0 Å². The van der Waals surface area contributed by atoms with Crippen LogP contribution in [0.3, 0.4) is 0 Å². The quantitative estimate of drug-likeness (QED) is 0.680. The number of hydrogen-bond donors (Lipinski definition) is 1. The highest BCUT2D eigenvalue weighted by molar-refractivity contribution is 5.93. The maximum absolute atomic E-state index is 13.1. The van der Waals surface area contributed by atoms with Crippen molar-refractivity contribution in [1.29, 1.82) is 0 Å². The summed E-state index contributed by atoms with van der Waals surface area (Å²) in [5, 5.41) is 0.691. The van der Waals surface area contributed by atoms with E-state index in [1.54, 1.807) is 18.3 Å². The maximum Gasteiger partial charge on any atom is 0.142 e. The molecule has 0 radical (unpaired) electrons. The summed E-state index contributed by atoms with van der Waals surface area (Å²) >= 11 is 0. The predicted octanol–water partition coefficient (Wildman–Crippen LogP) is 3.51. The molecule has 0 fully saturated rings. The van der Waals surface area contributed by atoms with Crippen LogP contribution in [0.1, 0.15) is 0 Å². The van der Waals surface area contributed by atoms with Gasteiger partial charge in [0.05, 0.1) is 6.20 Å². The Morgan fingerprint density at radius 2 is 1.76 bits per heavy atom. The Bertz CT molecular complexity index is 671. The van der Waals surface area contributed by atoms with Crippen molar-refractivity contribution in [1.82, 2.24) is 9.97 Å². The van der Waals surface area contributed by atoms with E-state index in [9.17, 15) is 8.78 Å². The molecule has 2 heterocycles. The molecule has 2 nitrogen and oxygen atoms in total. The molecule has 3 rings (SSSR count). The minimum absolute atomic E-state index is 0.294. The van der Waals surface area contributed by atoms with Crippen LogP contribution in [0.5, 0.6) is 0 Å². The van der Waals surface area contributed by atoms with E-state index in [0.717, 1.165) is 17.3 Å². The fourth-order valence-corrected chi connectivity index (χ4v) is 1.85. The van der Waals surface area contributed by atoms with Crippen LogP contribution in [0, 0.1) is 11.6 Å². The topological polar surface area (TPSA) is 28.7 Å². The molecule has 17 heavy (non-hydrogen) atoms. The van der Waals surface area contributed by atoms with E-state index >= 15 is 0 Å². The van der Waals surface area contributed by atoms with Gasteiger partial charge in [-0.3, -0.25) is 0 Å². The van der Waals surface area contributed by atoms with Crippen molar-refractivity contribution < 1.29 is 8.78 Å². The van der Waals surface area contributed by atoms with E-state index < -0.39 is 0 Å². The van der Waals surface area contributed by atoms with Gasteiger partial charge in [-0.25, -0.2) is 13.8 Å². The molecule has 0 atom stereocenters. The van der Waals surface area contributed by atoms with Crippen molar-refractivity contribution >= 4 is 11.0 Å². The molecule has 1 aromatic carbocycles. The molecule has 0 spiro atoms. The summed E-state index contributed by atoms with van der Waals surface area (Å²) in [4.78, 5) is 6.90. The van der Waals surface area contributed by atoms with Crippen molar-refractivity contribution in [2.75, 3.05) is 0 Å². The van der Waals surface area contributed by atoms with Gasteiger partial charge in [0.1, 0.15) is 17.3 Å². The van der Waals surface area contributed by atoms with Crippen LogP contribution in [-0.4, -0.2) is 9.97 Å². The monoisotopic (exact) mass is 230 g/mol. The number of aromatic amines is 1. The third kappa shape index (κ3) is 1.67. The normalized spacial score (nSPS) is 10.9. The summed E-state index contributed by atoms with van der Waals surface area (Å²) in [6, 6.07) is 7.48. The van der Waals surface area contributed by atoms with E-state index in [0.29, 0.717) is 11.0 Å². The molecular weight excluding hydrogens is 222 g/mol. The molecule has 84 valence electrons. The van der Waals surface area contributed by atoms with Crippen LogP contribution in [0.4, 0.5) is 8.78 Å². The first-order valence-electron chi connectivity index (χ1n) is 5.12. The number of fused-ring (bicyclic) bond motifs is 1. The summed E-state index contributed by atoms with van der Waals surface area (Å²) in [5.74, 6) is -0.682. The van der Waals surface area contributed by atoms with Crippen LogP contribution < -0.4 is 0 Å². The second-order valence-corrected chi connectivity index (χ2v) is 3.76. The number of pyridine rings is 1. The van der Waals surface area contributed by atoms with Crippen molar-refractivity contribution in [2.45, 2.75) is 0 Å². The molecular formula is C13H8F2N2. The average Bonchev–Trinajstić information content (AvgIpc) is 2.73. The van der Waals surface area contributed by atoms with Crippen LogP contribution in [0.25, 0.3) is 22.2 Å². The summed E-state index contributed by atoms with van der Waals surface area (Å²) < 4.78 is 26.0. The standard InChI is InChI=1S/C13H8F2N2/c14-9-3-1-8(2-4-9)12-7-17-13-11(12)5-10(15)6-16-13/h1-7H,(H,16,17). The lowest BCUT2D eigenvalue weighted by atomic mass is 10.1. The van der Waals surface area contributed by atoms with Gasteiger partial charge >= 0.3 is 0 Å². The van der Waals surface area contributed by atoms with Gasteiger partial charge in [-0.2, -0.15) is 0 Å². The van der Waals surface area contributed by atoms with E-state index in [2.05, 4.69) is 9.97 Å². The van der Waals surface area contributed by atoms with Crippen molar-refractivity contribution in [3.8, 4) is 11.1 Å². The van der Waals surface area contributed by atoms with Gasteiger partial charge in [-0.1, -0.05) is 12.1 Å². The fraction of sp³-hybridized carbons (Fsp3) is 0. The lowest BCUT2D eigenvalue weighted by molar-refractivity contribution is 0.624. The molecule has 0 amide bonds. The molecule has 0 saturated carbocycles. The number of H-pyrrole nitrogens is 1. The number of nitrogens with zero attached hydrogens (tertiary/aromatic N) is 1. The fourth-order valence-electron chi connectivity index (χ4n) is 1.85. The molecule has 0 aliphatic carbocycles. The molecule has 4 heteroatoms. The molecule has 0 unspecified atom stereocenters. The molecule has 0 aliphatic rings. The van der Waals surface area contributed by atoms with E-state index in [-0.39, 0.29) is 11.6 Å². The van der Waals surface area contributed by atoms with Crippen molar-refractivity contribution in [3.63, 3.8) is 0 Å². The zero-order chi connectivity index (χ0) is 11.8. The lowest BCUT2D eigenvalue weighted by Crippen LogP contribution is -1.81. The SMILES string of the molecule is Fc1ccc(-c2c[nH]c3ncc(F)cc23)cc1. The first-order valence-corrected chi connectivity index (χ1v) is 5.12. The minimum atomic E-state index is -0.388. The van der Waals surface area contributed by atoms with Gasteiger partial charge in [0.15, 0.2) is 0 Å². The third-order valence-corrected chi connectivity index (χ3v) is 2.65. The Kier molecular flexibility index (Phi) is 2.14. The second-order valence-electron chi connectivity index (χ2n) is 3.76. The molecule has 2 aromatic heterocycles. The number of rotatable bonds is 1. The summed E-state index contributed by atoms with van der Waals surface area (Å²) in [5.41, 5.74) is 2.25. The Morgan fingerprint density at radius 1 is 1.00 bits per heavy atom. The molecule has 0 saturated heterocycles. The Balaban J connectivity index is 2.23. The maximum atomic E-state index is 13.1. The first-order chi connectivity index (χ1) is 8.24. The Hall–Kier alpha value is -2.23. The second kappa shape index (κ2) is 3.66. The first kappa shape index (κ1) is 9.96. The summed E-state index contributed by atoms with van der Waals surface area (Å²) in [7, 11) is 0. The molecule has 0 bridgehead atoms. The van der Waals surface area contributed by atoms with Crippen LogP contribution in [0.15, 0.2) is 42.7 Å². The Morgan fingerprint density at radius 3 is 2.53 bits per heavy atom. The smallest absolute Gasteiger partial charge is 0.142 e. The third-order valence-electron chi connectivity index (χ3n) is 2.65. The number of nitrogens with one attached hydrogen (secondary N) is 1. The molecule has 0 aliphatic heterocycles. The Labute approximate surface area is 95.9 Å². The van der Waals surface area contributed by atoms with Gasteiger partial charge in [-0.15, -0.1) is 0 Å². The van der Waals surface area contributed by atoms with Crippen LogP contribution >= 0.6 is 0 Å². The number of halogens is 2. The minimum Gasteiger partial charge on any atom is -0.346 e. The zero-order valence-electron chi connectivity index (χ0n) is 8.74. The van der Waals surface area contributed by atoms with E-state index in [1.807, 2.05) is 0 Å². The summed E-state index contributed by atoms with van der Waals surface area (Å²) in [6.07, 6.45) is 2.90. The zero-order valence-corrected chi connectivity index (χ0v) is 8.74. The van der Waals surface area contributed by atoms with Gasteiger partial charge in [0.2, 0.25) is 0 Å². The number of aromatic nitrogens is 2. The van der Waals surface area contributed by atoms with E-state index in [4.69, 9.17) is 0 Å². The molecule has 3 aromatic rings. The lowest BCUT2D eigenvalue weighted by Gasteiger charge is -1.99. The molecule has 1 N–H and O–H groups in total. The van der Waals surface area contributed by atoms with Crippen molar-refractivity contribution in [2.24, 2.45) is 0 Å². The van der Waals surface area contributed by atoms with Crippen molar-refractivity contribution in [3.05, 3.63) is 54.4 Å². The van der Waals surface area contributed by atoms with E-state index in [1.165, 1.54) is 18.2 Å².